The number of rotatable bonds is 7. The van der Waals surface area contributed by atoms with Crippen LogP contribution in [0, 0.1) is 17.8 Å². The second-order valence-corrected chi connectivity index (χ2v) is 6.40. The van der Waals surface area contributed by atoms with Gasteiger partial charge in [-0.2, -0.15) is 0 Å². The maximum Gasteiger partial charge on any atom is 0.224 e. The summed E-state index contributed by atoms with van der Waals surface area (Å²) < 4.78 is 0. The van der Waals surface area contributed by atoms with Crippen LogP contribution in [0.3, 0.4) is 0 Å². The number of nitrogens with one attached hydrogen (secondary N) is 1. The lowest BCUT2D eigenvalue weighted by molar-refractivity contribution is -0.131. The average molecular weight is 295 g/mol. The molecule has 0 spiro atoms. The second-order valence-electron chi connectivity index (χ2n) is 6.40. The second kappa shape index (κ2) is 7.25. The third-order valence-electron chi connectivity index (χ3n) is 5.27. The van der Waals surface area contributed by atoms with Crippen molar-refractivity contribution >= 4 is 11.8 Å². The van der Waals surface area contributed by atoms with E-state index in [-0.39, 0.29) is 23.8 Å². The normalized spacial score (nSPS) is 30.4. The van der Waals surface area contributed by atoms with Gasteiger partial charge in [0, 0.05) is 32.1 Å². The average Bonchev–Trinajstić information content (AvgIpc) is 3.05. The Morgan fingerprint density at radius 3 is 2.43 bits per heavy atom. The fourth-order valence-corrected chi connectivity index (χ4v) is 4.03. The zero-order chi connectivity index (χ0) is 15.4. The Labute approximate surface area is 127 Å². The fourth-order valence-electron chi connectivity index (χ4n) is 4.03. The van der Waals surface area contributed by atoms with Gasteiger partial charge in [-0.3, -0.25) is 9.59 Å². The minimum absolute atomic E-state index is 0.00207. The van der Waals surface area contributed by atoms with Crippen molar-refractivity contribution in [2.45, 2.75) is 52.0 Å². The molecule has 0 aromatic carbocycles. The first kappa shape index (κ1) is 16.3. The molecule has 5 heteroatoms. The van der Waals surface area contributed by atoms with Crippen LogP contribution < -0.4 is 11.1 Å². The minimum atomic E-state index is 0.00207. The lowest BCUT2D eigenvalue weighted by Crippen LogP contribution is -2.45. The quantitative estimate of drug-likeness (QED) is 0.691. The number of nitrogens with zero attached hydrogens (tertiary/aromatic N) is 1. The van der Waals surface area contributed by atoms with Crippen LogP contribution in [0.15, 0.2) is 0 Å². The summed E-state index contributed by atoms with van der Waals surface area (Å²) >= 11 is 0. The number of fused-ring (bicyclic) bond motifs is 2. The summed E-state index contributed by atoms with van der Waals surface area (Å²) in [6, 6.07) is 0.0426. The van der Waals surface area contributed by atoms with E-state index in [1.807, 2.05) is 18.7 Å². The van der Waals surface area contributed by atoms with Gasteiger partial charge in [0.2, 0.25) is 11.8 Å². The van der Waals surface area contributed by atoms with Crippen LogP contribution in [0.1, 0.15) is 46.0 Å². The van der Waals surface area contributed by atoms with E-state index < -0.39 is 0 Å². The molecular weight excluding hydrogens is 266 g/mol. The largest absolute Gasteiger partial charge is 0.356 e. The third kappa shape index (κ3) is 3.57. The van der Waals surface area contributed by atoms with Gasteiger partial charge in [0.05, 0.1) is 5.92 Å². The highest BCUT2D eigenvalue weighted by atomic mass is 16.2. The fraction of sp³-hybridized carbons (Fsp3) is 0.875. The smallest absolute Gasteiger partial charge is 0.224 e. The molecule has 2 rings (SSSR count). The summed E-state index contributed by atoms with van der Waals surface area (Å²) in [5, 5.41) is 2.98. The first-order valence-electron chi connectivity index (χ1n) is 8.39. The van der Waals surface area contributed by atoms with Crippen LogP contribution in [-0.4, -0.2) is 42.4 Å². The zero-order valence-corrected chi connectivity index (χ0v) is 13.3. The van der Waals surface area contributed by atoms with Gasteiger partial charge in [-0.15, -0.1) is 0 Å². The maximum atomic E-state index is 12.3. The summed E-state index contributed by atoms with van der Waals surface area (Å²) in [6.07, 6.45) is 4.67. The molecule has 4 atom stereocenters. The molecule has 4 unspecified atom stereocenters. The lowest BCUT2D eigenvalue weighted by atomic mass is 9.84. The Morgan fingerprint density at radius 2 is 1.86 bits per heavy atom. The van der Waals surface area contributed by atoms with Crippen molar-refractivity contribution in [1.82, 2.24) is 10.2 Å². The molecule has 2 fully saturated rings. The molecule has 2 saturated carbocycles. The van der Waals surface area contributed by atoms with Gasteiger partial charge in [-0.1, -0.05) is 0 Å². The van der Waals surface area contributed by atoms with Crippen molar-refractivity contribution in [3.05, 3.63) is 0 Å². The first-order chi connectivity index (χ1) is 10.1. The van der Waals surface area contributed by atoms with Crippen molar-refractivity contribution in [3.63, 3.8) is 0 Å². The Hall–Kier alpha value is -1.10. The van der Waals surface area contributed by atoms with E-state index in [0.29, 0.717) is 31.2 Å². The van der Waals surface area contributed by atoms with Gasteiger partial charge in [0.1, 0.15) is 0 Å². The SMILES string of the molecule is CCN(CC)C(=O)CCCNC(=O)C1C2CCC(C2)C1N. The zero-order valence-electron chi connectivity index (χ0n) is 13.3. The van der Waals surface area contributed by atoms with Gasteiger partial charge >= 0.3 is 0 Å². The van der Waals surface area contributed by atoms with Gasteiger partial charge in [-0.25, -0.2) is 0 Å². The van der Waals surface area contributed by atoms with Gasteiger partial charge < -0.3 is 16.0 Å². The topological polar surface area (TPSA) is 75.4 Å². The van der Waals surface area contributed by atoms with Crippen LogP contribution in [0.5, 0.6) is 0 Å². The van der Waals surface area contributed by atoms with Gasteiger partial charge in [0.15, 0.2) is 0 Å². The molecule has 0 saturated heterocycles. The molecule has 2 amide bonds. The molecule has 2 bridgehead atoms. The highest BCUT2D eigenvalue weighted by Gasteiger charge is 2.48. The molecular formula is C16H29N3O2. The summed E-state index contributed by atoms with van der Waals surface area (Å²) in [5.41, 5.74) is 6.17. The van der Waals surface area contributed by atoms with E-state index in [4.69, 9.17) is 5.73 Å². The van der Waals surface area contributed by atoms with Crippen LogP contribution in [0.25, 0.3) is 0 Å². The van der Waals surface area contributed by atoms with Gasteiger partial charge in [-0.05, 0) is 51.4 Å². The number of hydrogen-bond acceptors (Lipinski definition) is 3. The molecule has 21 heavy (non-hydrogen) atoms. The van der Waals surface area contributed by atoms with E-state index in [1.54, 1.807) is 0 Å². The van der Waals surface area contributed by atoms with Crippen LogP contribution in [-0.2, 0) is 9.59 Å². The van der Waals surface area contributed by atoms with Crippen molar-refractivity contribution in [1.29, 1.82) is 0 Å². The number of carbonyl (C=O) groups excluding carboxylic acids is 2. The summed E-state index contributed by atoms with van der Waals surface area (Å²) in [7, 11) is 0. The number of carbonyl (C=O) groups is 2. The van der Waals surface area contributed by atoms with Crippen molar-refractivity contribution in [3.8, 4) is 0 Å². The summed E-state index contributed by atoms with van der Waals surface area (Å²) in [5.74, 6) is 1.32. The highest BCUT2D eigenvalue weighted by Crippen LogP contribution is 2.47. The molecule has 2 aliphatic rings. The van der Waals surface area contributed by atoms with E-state index >= 15 is 0 Å². The maximum absolute atomic E-state index is 12.3. The summed E-state index contributed by atoms with van der Waals surface area (Å²) in [4.78, 5) is 25.9. The monoisotopic (exact) mass is 295 g/mol. The Morgan fingerprint density at radius 1 is 1.19 bits per heavy atom. The Bertz CT molecular complexity index is 380. The van der Waals surface area contributed by atoms with Crippen LogP contribution >= 0.6 is 0 Å². The predicted octanol–water partition coefficient (Wildman–Crippen LogP) is 1.12. The number of nitrogens with two attached hydrogens (primary N) is 1. The van der Waals surface area contributed by atoms with E-state index in [2.05, 4.69) is 5.32 Å². The highest BCUT2D eigenvalue weighted by molar-refractivity contribution is 5.80. The molecule has 3 N–H and O–H groups in total. The first-order valence-corrected chi connectivity index (χ1v) is 8.39. The predicted molar refractivity (Wildman–Crippen MR) is 82.5 cm³/mol. The standard InChI is InChI=1S/C16H29N3O2/c1-3-19(4-2)13(20)6-5-9-18-16(21)14-11-7-8-12(10-11)15(14)17/h11-12,14-15H,3-10,17H2,1-2H3,(H,18,21). The molecule has 5 nitrogen and oxygen atoms in total. The molecule has 0 heterocycles. The van der Waals surface area contributed by atoms with Gasteiger partial charge in [0.25, 0.3) is 0 Å². The molecule has 0 aromatic heterocycles. The number of amides is 2. The third-order valence-corrected chi connectivity index (χ3v) is 5.27. The minimum Gasteiger partial charge on any atom is -0.356 e. The van der Waals surface area contributed by atoms with Crippen molar-refractivity contribution < 1.29 is 9.59 Å². The molecule has 0 aliphatic heterocycles. The molecule has 2 aliphatic carbocycles. The van der Waals surface area contributed by atoms with Crippen LogP contribution in [0.4, 0.5) is 0 Å². The Balaban J connectivity index is 1.67. The van der Waals surface area contributed by atoms with E-state index in [9.17, 15) is 9.59 Å². The number of hydrogen-bond donors (Lipinski definition) is 2. The van der Waals surface area contributed by atoms with Crippen LogP contribution in [0.2, 0.25) is 0 Å². The van der Waals surface area contributed by atoms with Crippen molar-refractivity contribution in [2.75, 3.05) is 19.6 Å². The molecule has 120 valence electrons. The Kier molecular flexibility index (Phi) is 5.62. The van der Waals surface area contributed by atoms with E-state index in [0.717, 1.165) is 25.9 Å². The molecule has 0 aromatic rings. The van der Waals surface area contributed by atoms with E-state index in [1.165, 1.54) is 6.42 Å². The lowest BCUT2D eigenvalue weighted by Gasteiger charge is -2.27. The summed E-state index contributed by atoms with van der Waals surface area (Å²) in [6.45, 7) is 6.05. The molecule has 0 radical (unpaired) electrons. The van der Waals surface area contributed by atoms with Crippen molar-refractivity contribution in [2.24, 2.45) is 23.5 Å².